The number of rotatable bonds is 5. The van der Waals surface area contributed by atoms with E-state index < -0.39 is 23.6 Å². The van der Waals surface area contributed by atoms with Gasteiger partial charge in [-0.2, -0.15) is 0 Å². The highest BCUT2D eigenvalue weighted by Crippen LogP contribution is 2.43. The summed E-state index contributed by atoms with van der Waals surface area (Å²) in [5.74, 6) is -2.57. The summed E-state index contributed by atoms with van der Waals surface area (Å²) in [6.45, 7) is 1.44. The Balaban J connectivity index is 1.65. The first kappa shape index (κ1) is 21.8. The number of carbonyl (C=O) groups is 2. The molecule has 2 aliphatic carbocycles. The van der Waals surface area contributed by atoms with E-state index in [1.807, 2.05) is 24.3 Å². The summed E-state index contributed by atoms with van der Waals surface area (Å²) in [6.07, 6.45) is 3.89. The fourth-order valence-electron chi connectivity index (χ4n) is 5.06. The first-order valence-corrected chi connectivity index (χ1v) is 11.0. The van der Waals surface area contributed by atoms with Gasteiger partial charge in [0.05, 0.1) is 23.0 Å². The normalized spacial score (nSPS) is 21.5. The van der Waals surface area contributed by atoms with E-state index in [4.69, 9.17) is 11.6 Å². The number of carbonyl (C=O) groups excluding carboxylic acids is 2. The maximum absolute atomic E-state index is 14.9. The predicted octanol–water partition coefficient (Wildman–Crippen LogP) is 5.33. The maximum atomic E-state index is 14.9. The second-order valence-electron chi connectivity index (χ2n) is 8.46. The van der Waals surface area contributed by atoms with Crippen LogP contribution < -0.4 is 10.6 Å². The quantitative estimate of drug-likeness (QED) is 0.610. The summed E-state index contributed by atoms with van der Waals surface area (Å²) in [6, 6.07) is 8.75. The Hall–Kier alpha value is -2.47. The smallest absolute Gasteiger partial charge is 0.228 e. The Bertz CT molecular complexity index is 1010. The van der Waals surface area contributed by atoms with Crippen molar-refractivity contribution < 1.29 is 18.4 Å². The van der Waals surface area contributed by atoms with Crippen LogP contribution in [-0.2, 0) is 9.59 Å². The Labute approximate surface area is 185 Å². The second kappa shape index (κ2) is 8.95. The molecule has 4 rings (SSSR count). The zero-order valence-corrected chi connectivity index (χ0v) is 18.0. The summed E-state index contributed by atoms with van der Waals surface area (Å²) in [4.78, 5) is 25.0. The summed E-state index contributed by atoms with van der Waals surface area (Å²) in [7, 11) is 0. The minimum Gasteiger partial charge on any atom is -0.349 e. The van der Waals surface area contributed by atoms with Crippen LogP contribution in [0.5, 0.6) is 0 Å². The monoisotopic (exact) mass is 446 g/mol. The highest BCUT2D eigenvalue weighted by Gasteiger charge is 2.39. The van der Waals surface area contributed by atoms with Crippen molar-refractivity contribution in [3.63, 3.8) is 0 Å². The zero-order valence-electron chi connectivity index (χ0n) is 17.3. The molecule has 0 heterocycles. The Morgan fingerprint density at radius 2 is 1.74 bits per heavy atom. The molecule has 0 aromatic heterocycles. The van der Waals surface area contributed by atoms with Crippen LogP contribution >= 0.6 is 11.6 Å². The number of halogens is 3. The molecule has 31 heavy (non-hydrogen) atoms. The van der Waals surface area contributed by atoms with Gasteiger partial charge in [0.2, 0.25) is 11.8 Å². The van der Waals surface area contributed by atoms with Crippen LogP contribution in [0.1, 0.15) is 73.7 Å². The first-order valence-electron chi connectivity index (χ1n) is 10.7. The van der Waals surface area contributed by atoms with Crippen molar-refractivity contribution in [2.24, 2.45) is 5.92 Å². The molecule has 2 aliphatic rings. The molecule has 164 valence electrons. The molecule has 0 aliphatic heterocycles. The van der Waals surface area contributed by atoms with E-state index in [9.17, 15) is 18.4 Å². The maximum Gasteiger partial charge on any atom is 0.228 e. The first-order chi connectivity index (χ1) is 14.9. The molecule has 2 amide bonds. The van der Waals surface area contributed by atoms with Crippen LogP contribution in [0.2, 0.25) is 5.02 Å². The largest absolute Gasteiger partial charge is 0.349 e. The third-order valence-corrected chi connectivity index (χ3v) is 6.76. The summed E-state index contributed by atoms with van der Waals surface area (Å²) in [5.41, 5.74) is 1.56. The molecule has 2 aromatic rings. The van der Waals surface area contributed by atoms with E-state index in [2.05, 4.69) is 10.6 Å². The number of hydrogen-bond donors (Lipinski definition) is 2. The molecule has 0 spiro atoms. The van der Waals surface area contributed by atoms with Gasteiger partial charge in [-0.3, -0.25) is 9.59 Å². The van der Waals surface area contributed by atoms with Crippen molar-refractivity contribution in [3.05, 3.63) is 69.7 Å². The Morgan fingerprint density at radius 1 is 1.06 bits per heavy atom. The van der Waals surface area contributed by atoms with Gasteiger partial charge >= 0.3 is 0 Å². The summed E-state index contributed by atoms with van der Waals surface area (Å²) >= 11 is 5.94. The standard InChI is InChI=1S/C24H25ClF2N2O2/c1-13(30)28-20-12-17(15-8-4-5-9-16(15)20)24(31)29-23(14-6-2-3-7-14)21-19(26)11-10-18(25)22(21)27/h4-5,8-11,14,17,20,23H,2-3,6-7,12H2,1H3,(H,28,30)(H,29,31)/t17-,20+,23-/m1/s1. The molecular formula is C24H25ClF2N2O2. The molecule has 0 bridgehead atoms. The number of hydrogen-bond acceptors (Lipinski definition) is 2. The lowest BCUT2D eigenvalue weighted by molar-refractivity contribution is -0.124. The molecule has 0 unspecified atom stereocenters. The molecule has 1 saturated carbocycles. The van der Waals surface area contributed by atoms with E-state index in [1.54, 1.807) is 0 Å². The van der Waals surface area contributed by atoms with Crippen LogP contribution in [0.15, 0.2) is 36.4 Å². The predicted molar refractivity (Wildman–Crippen MR) is 115 cm³/mol. The van der Waals surface area contributed by atoms with Gasteiger partial charge in [-0.15, -0.1) is 0 Å². The third-order valence-electron chi connectivity index (χ3n) is 6.47. The number of benzene rings is 2. The molecule has 2 aromatic carbocycles. The average Bonchev–Trinajstić information content (AvgIpc) is 3.39. The topological polar surface area (TPSA) is 58.2 Å². The zero-order chi connectivity index (χ0) is 22.1. The highest BCUT2D eigenvalue weighted by molar-refractivity contribution is 6.30. The number of nitrogens with one attached hydrogen (secondary N) is 2. The number of fused-ring (bicyclic) bond motifs is 1. The molecule has 1 fully saturated rings. The van der Waals surface area contributed by atoms with Crippen LogP contribution in [0, 0.1) is 17.6 Å². The molecule has 4 nitrogen and oxygen atoms in total. The van der Waals surface area contributed by atoms with E-state index in [0.29, 0.717) is 6.42 Å². The molecule has 2 N–H and O–H groups in total. The second-order valence-corrected chi connectivity index (χ2v) is 8.87. The van der Waals surface area contributed by atoms with Crippen LogP contribution in [0.4, 0.5) is 8.78 Å². The van der Waals surface area contributed by atoms with Gasteiger partial charge in [0.1, 0.15) is 11.6 Å². The third kappa shape index (κ3) is 4.31. The van der Waals surface area contributed by atoms with Crippen molar-refractivity contribution in [3.8, 4) is 0 Å². The van der Waals surface area contributed by atoms with Gasteiger partial charge in [-0.05, 0) is 48.4 Å². The Morgan fingerprint density at radius 3 is 2.42 bits per heavy atom. The SMILES string of the molecule is CC(=O)N[C@H]1C[C@@H](C(=O)N[C@@H](c2c(F)ccc(Cl)c2F)C2CCCC2)c2ccccc21. The van der Waals surface area contributed by atoms with E-state index in [-0.39, 0.29) is 34.4 Å². The minimum atomic E-state index is -0.818. The van der Waals surface area contributed by atoms with Crippen molar-refractivity contribution in [2.75, 3.05) is 0 Å². The van der Waals surface area contributed by atoms with E-state index >= 15 is 0 Å². The van der Waals surface area contributed by atoms with Gasteiger partial charge in [0, 0.05) is 12.5 Å². The number of amides is 2. The highest BCUT2D eigenvalue weighted by atomic mass is 35.5. The van der Waals surface area contributed by atoms with Gasteiger partial charge in [-0.25, -0.2) is 8.78 Å². The fourth-order valence-corrected chi connectivity index (χ4v) is 5.23. The van der Waals surface area contributed by atoms with Crippen LogP contribution in [-0.4, -0.2) is 11.8 Å². The van der Waals surface area contributed by atoms with Crippen molar-refractivity contribution in [1.29, 1.82) is 0 Å². The van der Waals surface area contributed by atoms with Gasteiger partial charge < -0.3 is 10.6 Å². The van der Waals surface area contributed by atoms with E-state index in [0.717, 1.165) is 42.9 Å². The Kier molecular flexibility index (Phi) is 6.28. The van der Waals surface area contributed by atoms with Crippen molar-refractivity contribution in [1.82, 2.24) is 10.6 Å². The van der Waals surface area contributed by atoms with Crippen molar-refractivity contribution in [2.45, 2.75) is 57.0 Å². The van der Waals surface area contributed by atoms with Gasteiger partial charge in [0.25, 0.3) is 0 Å². The lowest BCUT2D eigenvalue weighted by Gasteiger charge is -2.28. The molecule has 3 atom stereocenters. The van der Waals surface area contributed by atoms with E-state index in [1.165, 1.54) is 13.0 Å². The lowest BCUT2D eigenvalue weighted by atomic mass is 9.89. The minimum absolute atomic E-state index is 0.0609. The van der Waals surface area contributed by atoms with Gasteiger partial charge in [0.15, 0.2) is 0 Å². The molecule has 0 saturated heterocycles. The molecular weight excluding hydrogens is 422 g/mol. The van der Waals surface area contributed by atoms with Crippen LogP contribution in [0.3, 0.4) is 0 Å². The summed E-state index contributed by atoms with van der Waals surface area (Å²) < 4.78 is 29.6. The lowest BCUT2D eigenvalue weighted by Crippen LogP contribution is -2.37. The fraction of sp³-hybridized carbons (Fsp3) is 0.417. The molecule has 0 radical (unpaired) electrons. The summed E-state index contributed by atoms with van der Waals surface area (Å²) in [5, 5.41) is 5.68. The van der Waals surface area contributed by atoms with Crippen molar-refractivity contribution >= 4 is 23.4 Å². The van der Waals surface area contributed by atoms with Gasteiger partial charge in [-0.1, -0.05) is 48.7 Å². The molecule has 7 heteroatoms. The average molecular weight is 447 g/mol. The van der Waals surface area contributed by atoms with Crippen LogP contribution in [0.25, 0.3) is 0 Å².